The van der Waals surface area contributed by atoms with Gasteiger partial charge in [-0.3, -0.25) is 19.2 Å². The van der Waals surface area contributed by atoms with Gasteiger partial charge in [0.1, 0.15) is 5.69 Å². The van der Waals surface area contributed by atoms with Crippen LogP contribution in [0.4, 0.5) is 5.69 Å². The SMILES string of the molecule is Cc1c(N2C(=O)/C(=C/c3ccc(Cl)cc3Cl)SC2=S)c(=O)n(-c2ccccc2)n1C. The van der Waals surface area contributed by atoms with Gasteiger partial charge in [0.2, 0.25) is 0 Å². The predicted molar refractivity (Wildman–Crippen MR) is 128 cm³/mol. The molecule has 5 nitrogen and oxygen atoms in total. The Balaban J connectivity index is 1.79. The molecule has 0 aliphatic carbocycles. The maximum absolute atomic E-state index is 13.3. The van der Waals surface area contributed by atoms with Gasteiger partial charge < -0.3 is 0 Å². The van der Waals surface area contributed by atoms with Gasteiger partial charge in [0, 0.05) is 17.1 Å². The van der Waals surface area contributed by atoms with Crippen LogP contribution in [0.5, 0.6) is 0 Å². The predicted octanol–water partition coefficient (Wildman–Crippen LogP) is 5.20. The number of aromatic nitrogens is 2. The molecule has 0 N–H and O–H groups in total. The van der Waals surface area contributed by atoms with E-state index in [9.17, 15) is 9.59 Å². The van der Waals surface area contributed by atoms with E-state index < -0.39 is 0 Å². The van der Waals surface area contributed by atoms with Gasteiger partial charge in [0.15, 0.2) is 4.32 Å². The number of carbonyl (C=O) groups is 1. The minimum atomic E-state index is -0.359. The lowest BCUT2D eigenvalue weighted by atomic mass is 10.2. The number of anilines is 1. The van der Waals surface area contributed by atoms with Crippen LogP contribution >= 0.6 is 47.2 Å². The van der Waals surface area contributed by atoms with Gasteiger partial charge in [-0.15, -0.1) is 0 Å². The molecule has 0 spiro atoms. The van der Waals surface area contributed by atoms with E-state index in [1.54, 1.807) is 42.9 Å². The summed E-state index contributed by atoms with van der Waals surface area (Å²) < 4.78 is 3.52. The second-order valence-electron chi connectivity index (χ2n) is 6.59. The van der Waals surface area contributed by atoms with Crippen LogP contribution in [-0.4, -0.2) is 19.6 Å². The van der Waals surface area contributed by atoms with Crippen LogP contribution in [0.25, 0.3) is 11.8 Å². The van der Waals surface area contributed by atoms with Crippen molar-refractivity contribution in [2.45, 2.75) is 6.92 Å². The summed E-state index contributed by atoms with van der Waals surface area (Å²) in [5.74, 6) is -0.359. The molecule has 1 aliphatic rings. The number of carbonyl (C=O) groups excluding carboxylic acids is 1. The Bertz CT molecular complexity index is 1280. The first kappa shape index (κ1) is 20.9. The second kappa shape index (κ2) is 8.07. The molecule has 4 rings (SSSR count). The van der Waals surface area contributed by atoms with Gasteiger partial charge in [-0.05, 0) is 42.8 Å². The molecule has 1 fully saturated rings. The minimum absolute atomic E-state index is 0.245. The molecule has 0 atom stereocenters. The summed E-state index contributed by atoms with van der Waals surface area (Å²) in [6, 6.07) is 14.3. The van der Waals surface area contributed by atoms with Gasteiger partial charge in [0.05, 0.1) is 16.3 Å². The first-order valence-corrected chi connectivity index (χ1v) is 10.8. The first-order chi connectivity index (χ1) is 14.3. The number of para-hydroxylation sites is 1. The van der Waals surface area contributed by atoms with Crippen LogP contribution in [0, 0.1) is 6.92 Å². The van der Waals surface area contributed by atoms with Gasteiger partial charge in [-0.1, -0.05) is 71.4 Å². The fourth-order valence-electron chi connectivity index (χ4n) is 3.23. The third-order valence-corrected chi connectivity index (χ3v) is 6.65. The topological polar surface area (TPSA) is 47.2 Å². The maximum atomic E-state index is 13.3. The van der Waals surface area contributed by atoms with Crippen LogP contribution < -0.4 is 10.5 Å². The van der Waals surface area contributed by atoms with Gasteiger partial charge in [-0.25, -0.2) is 4.68 Å². The zero-order chi connectivity index (χ0) is 21.6. The van der Waals surface area contributed by atoms with E-state index in [-0.39, 0.29) is 17.2 Å². The molecule has 30 heavy (non-hydrogen) atoms. The van der Waals surface area contributed by atoms with E-state index in [0.717, 1.165) is 11.8 Å². The minimum Gasteiger partial charge on any atom is -0.283 e. The molecular formula is C21H15Cl2N3O2S2. The van der Waals surface area contributed by atoms with Crippen molar-refractivity contribution >= 4 is 69.2 Å². The standard InChI is InChI=1S/C21H15Cl2N3O2S2/c1-12-18(20(28)26(24(12)2)15-6-4-3-5-7-15)25-19(27)17(30-21(25)29)10-13-8-9-14(22)11-16(13)23/h3-11H,1-2H3/b17-10-. The number of thioether (sulfide) groups is 1. The number of benzene rings is 2. The fraction of sp³-hybridized carbons (Fsp3) is 0.0952. The van der Waals surface area contributed by atoms with Crippen molar-refractivity contribution < 1.29 is 4.79 Å². The van der Waals surface area contributed by atoms with Crippen LogP contribution in [0.3, 0.4) is 0 Å². The molecule has 1 aromatic heterocycles. The van der Waals surface area contributed by atoms with Gasteiger partial charge in [0.25, 0.3) is 11.5 Å². The zero-order valence-corrected chi connectivity index (χ0v) is 19.1. The van der Waals surface area contributed by atoms with E-state index in [1.807, 2.05) is 30.3 Å². The third kappa shape index (κ3) is 3.52. The van der Waals surface area contributed by atoms with Crippen LogP contribution in [0.2, 0.25) is 10.0 Å². The number of hydrogen-bond acceptors (Lipinski definition) is 4. The Morgan fingerprint density at radius 3 is 2.43 bits per heavy atom. The molecule has 9 heteroatoms. The highest BCUT2D eigenvalue weighted by atomic mass is 35.5. The highest BCUT2D eigenvalue weighted by Gasteiger charge is 2.37. The van der Waals surface area contributed by atoms with Crippen molar-refractivity contribution in [1.29, 1.82) is 0 Å². The number of hydrogen-bond donors (Lipinski definition) is 0. The number of rotatable bonds is 3. The molecule has 0 bridgehead atoms. The van der Waals surface area contributed by atoms with Gasteiger partial charge in [-0.2, -0.15) is 0 Å². The highest BCUT2D eigenvalue weighted by molar-refractivity contribution is 8.27. The molecule has 2 aromatic carbocycles. The van der Waals surface area contributed by atoms with E-state index in [0.29, 0.717) is 36.2 Å². The number of nitrogens with zero attached hydrogens (tertiary/aromatic N) is 3. The summed E-state index contributed by atoms with van der Waals surface area (Å²) in [6.45, 7) is 1.79. The number of thiocarbonyl (C=S) groups is 1. The van der Waals surface area contributed by atoms with Crippen LogP contribution in [-0.2, 0) is 11.8 Å². The molecule has 1 saturated heterocycles. The molecule has 1 amide bonds. The molecule has 3 aromatic rings. The molecule has 0 unspecified atom stereocenters. The summed E-state index contributed by atoms with van der Waals surface area (Å²) in [6.07, 6.45) is 1.66. The molecular weight excluding hydrogens is 461 g/mol. The second-order valence-corrected chi connectivity index (χ2v) is 9.11. The van der Waals surface area contributed by atoms with E-state index in [4.69, 9.17) is 35.4 Å². The van der Waals surface area contributed by atoms with Crippen molar-refractivity contribution in [2.24, 2.45) is 7.05 Å². The van der Waals surface area contributed by atoms with Crippen LogP contribution in [0.15, 0.2) is 58.2 Å². The lowest BCUT2D eigenvalue weighted by Crippen LogP contribution is -2.33. The van der Waals surface area contributed by atoms with Crippen molar-refractivity contribution in [3.8, 4) is 5.69 Å². The van der Waals surface area contributed by atoms with E-state index in [1.165, 1.54) is 9.58 Å². The summed E-state index contributed by atoms with van der Waals surface area (Å²) in [7, 11) is 1.77. The molecule has 0 saturated carbocycles. The lowest BCUT2D eigenvalue weighted by Gasteiger charge is -2.12. The van der Waals surface area contributed by atoms with E-state index >= 15 is 0 Å². The van der Waals surface area contributed by atoms with Crippen molar-refractivity contribution in [3.63, 3.8) is 0 Å². The summed E-state index contributed by atoms with van der Waals surface area (Å²) in [5.41, 5.74) is 1.91. The first-order valence-electron chi connectivity index (χ1n) is 8.86. The van der Waals surface area contributed by atoms with Crippen LogP contribution in [0.1, 0.15) is 11.3 Å². The average molecular weight is 476 g/mol. The highest BCUT2D eigenvalue weighted by Crippen LogP contribution is 2.37. The third-order valence-electron chi connectivity index (χ3n) is 4.79. The Labute approximate surface area is 192 Å². The van der Waals surface area contributed by atoms with Gasteiger partial charge >= 0.3 is 0 Å². The monoisotopic (exact) mass is 475 g/mol. The van der Waals surface area contributed by atoms with Crippen molar-refractivity contribution in [2.75, 3.05) is 4.90 Å². The van der Waals surface area contributed by atoms with E-state index in [2.05, 4.69) is 0 Å². The van der Waals surface area contributed by atoms with Crippen molar-refractivity contribution in [3.05, 3.63) is 85.1 Å². The van der Waals surface area contributed by atoms with Crippen molar-refractivity contribution in [1.82, 2.24) is 9.36 Å². The number of amides is 1. The quantitative estimate of drug-likeness (QED) is 0.385. The maximum Gasteiger partial charge on any atom is 0.296 e. The smallest absolute Gasteiger partial charge is 0.283 e. The Kier molecular flexibility index (Phi) is 5.63. The normalized spacial score (nSPS) is 15.5. The Morgan fingerprint density at radius 1 is 1.07 bits per heavy atom. The summed E-state index contributed by atoms with van der Waals surface area (Å²) >= 11 is 18.8. The summed E-state index contributed by atoms with van der Waals surface area (Å²) in [4.78, 5) is 28.1. The fourth-order valence-corrected chi connectivity index (χ4v) is 4.96. The zero-order valence-electron chi connectivity index (χ0n) is 15.9. The molecule has 2 heterocycles. The number of halogens is 2. The molecule has 152 valence electrons. The Hall–Kier alpha value is -2.32. The average Bonchev–Trinajstić information content (AvgIpc) is 3.10. The molecule has 1 aliphatic heterocycles. The molecule has 0 radical (unpaired) electrons. The largest absolute Gasteiger partial charge is 0.296 e. The lowest BCUT2D eigenvalue weighted by molar-refractivity contribution is -0.113. The Morgan fingerprint density at radius 2 is 1.77 bits per heavy atom. The summed E-state index contributed by atoms with van der Waals surface area (Å²) in [5, 5.41) is 0.932.